The average Bonchev–Trinajstić information content (AvgIpc) is 2.70. The maximum absolute atomic E-state index is 10.2. The monoisotopic (exact) mass is 395 g/mol. The van der Waals surface area contributed by atoms with Crippen LogP contribution in [0.1, 0.15) is 46.5 Å². The fourth-order valence-corrected chi connectivity index (χ4v) is 5.06. The summed E-state index contributed by atoms with van der Waals surface area (Å²) in [5, 5.41) is 22.1. The zero-order chi connectivity index (χ0) is 20.6. The molecule has 0 saturated heterocycles. The van der Waals surface area contributed by atoms with Crippen LogP contribution in [0.25, 0.3) is 0 Å². The highest BCUT2D eigenvalue weighted by Crippen LogP contribution is 2.57. The Labute approximate surface area is 175 Å². The SMILES string of the molecule is C=C[C@@]1(C)[C@H](C)CC[C@@](C#N)(/C=C/C=C/Sc2ccccc2)[C@@H]1CCC(C)O. The molecule has 2 rings (SSSR count). The summed E-state index contributed by atoms with van der Waals surface area (Å²) in [5.41, 5.74) is -0.637. The van der Waals surface area contributed by atoms with E-state index in [4.69, 9.17) is 0 Å². The molecule has 0 radical (unpaired) electrons. The first-order valence-corrected chi connectivity index (χ1v) is 11.0. The minimum absolute atomic E-state index is 0.115. The van der Waals surface area contributed by atoms with Gasteiger partial charge in [-0.05, 0) is 67.4 Å². The van der Waals surface area contributed by atoms with Crippen molar-refractivity contribution in [2.45, 2.75) is 57.5 Å². The maximum atomic E-state index is 10.2. The van der Waals surface area contributed by atoms with Gasteiger partial charge in [0.05, 0.1) is 17.6 Å². The van der Waals surface area contributed by atoms with Crippen LogP contribution in [0.2, 0.25) is 0 Å². The van der Waals surface area contributed by atoms with Gasteiger partial charge in [-0.2, -0.15) is 5.26 Å². The number of benzene rings is 1. The summed E-state index contributed by atoms with van der Waals surface area (Å²) in [5.74, 6) is 0.621. The van der Waals surface area contributed by atoms with Crippen LogP contribution in [-0.4, -0.2) is 11.2 Å². The first kappa shape index (κ1) is 22.5. The van der Waals surface area contributed by atoms with Gasteiger partial charge in [0.2, 0.25) is 0 Å². The molecule has 2 nitrogen and oxygen atoms in total. The average molecular weight is 396 g/mol. The summed E-state index contributed by atoms with van der Waals surface area (Å²) in [7, 11) is 0. The molecule has 1 aliphatic rings. The van der Waals surface area contributed by atoms with E-state index in [1.807, 2.05) is 43.4 Å². The van der Waals surface area contributed by atoms with E-state index >= 15 is 0 Å². The second-order valence-electron chi connectivity index (χ2n) is 8.26. The normalized spacial score (nSPS) is 31.7. The second-order valence-corrected chi connectivity index (χ2v) is 9.24. The Morgan fingerprint density at radius 2 is 2.07 bits per heavy atom. The van der Waals surface area contributed by atoms with Crippen LogP contribution in [0, 0.1) is 34.0 Å². The molecule has 1 aromatic carbocycles. The predicted molar refractivity (Wildman–Crippen MR) is 120 cm³/mol. The summed E-state index contributed by atoms with van der Waals surface area (Å²) in [6, 6.07) is 12.9. The Balaban J connectivity index is 2.22. The second kappa shape index (κ2) is 10.1. The highest BCUT2D eigenvalue weighted by Gasteiger charge is 2.52. The highest BCUT2D eigenvalue weighted by atomic mass is 32.2. The fraction of sp³-hybridized carbons (Fsp3) is 0.480. The van der Waals surface area contributed by atoms with Crippen molar-refractivity contribution in [1.29, 1.82) is 5.26 Å². The number of aliphatic hydroxyl groups is 1. The Hall–Kier alpha value is -1.76. The van der Waals surface area contributed by atoms with Gasteiger partial charge in [-0.25, -0.2) is 0 Å². The number of hydrogen-bond donors (Lipinski definition) is 1. The van der Waals surface area contributed by atoms with E-state index in [9.17, 15) is 10.4 Å². The molecule has 1 fully saturated rings. The van der Waals surface area contributed by atoms with Gasteiger partial charge in [-0.15, -0.1) is 6.58 Å². The number of thioether (sulfide) groups is 1. The zero-order valence-corrected chi connectivity index (χ0v) is 18.2. The first-order valence-electron chi connectivity index (χ1n) is 10.2. The van der Waals surface area contributed by atoms with E-state index in [2.05, 4.69) is 50.1 Å². The molecule has 3 heteroatoms. The largest absolute Gasteiger partial charge is 0.393 e. The number of hydrogen-bond acceptors (Lipinski definition) is 3. The van der Waals surface area contributed by atoms with Gasteiger partial charge in [0, 0.05) is 4.90 Å². The van der Waals surface area contributed by atoms with Gasteiger partial charge in [0.25, 0.3) is 0 Å². The Morgan fingerprint density at radius 1 is 1.36 bits per heavy atom. The van der Waals surface area contributed by atoms with Crippen LogP contribution in [0.5, 0.6) is 0 Å². The molecule has 0 amide bonds. The molecule has 0 aromatic heterocycles. The van der Waals surface area contributed by atoms with Crippen molar-refractivity contribution < 1.29 is 5.11 Å². The minimum Gasteiger partial charge on any atom is -0.393 e. The van der Waals surface area contributed by atoms with Crippen molar-refractivity contribution in [3.63, 3.8) is 0 Å². The lowest BCUT2D eigenvalue weighted by Gasteiger charge is -2.52. The lowest BCUT2D eigenvalue weighted by molar-refractivity contribution is 0.0165. The van der Waals surface area contributed by atoms with E-state index in [1.165, 1.54) is 4.90 Å². The van der Waals surface area contributed by atoms with E-state index in [-0.39, 0.29) is 17.4 Å². The minimum atomic E-state index is -0.522. The van der Waals surface area contributed by atoms with E-state index < -0.39 is 5.41 Å². The fourth-order valence-electron chi connectivity index (χ4n) is 4.42. The summed E-state index contributed by atoms with van der Waals surface area (Å²) < 4.78 is 0. The third kappa shape index (κ3) is 5.19. The van der Waals surface area contributed by atoms with Gasteiger partial charge in [0.15, 0.2) is 0 Å². The van der Waals surface area contributed by atoms with Crippen molar-refractivity contribution in [2.75, 3.05) is 0 Å². The van der Waals surface area contributed by atoms with E-state index in [1.54, 1.807) is 11.8 Å². The topological polar surface area (TPSA) is 44.0 Å². The third-order valence-corrected chi connectivity index (χ3v) is 7.31. The van der Waals surface area contributed by atoms with Gasteiger partial charge in [0.1, 0.15) is 0 Å². The third-order valence-electron chi connectivity index (χ3n) is 6.48. The van der Waals surface area contributed by atoms with Crippen LogP contribution in [0.4, 0.5) is 0 Å². The molecular weight excluding hydrogens is 362 g/mol. The smallest absolute Gasteiger partial charge is 0.0793 e. The molecule has 150 valence electrons. The lowest BCUT2D eigenvalue weighted by Crippen LogP contribution is -2.47. The number of allylic oxidation sites excluding steroid dienone is 4. The van der Waals surface area contributed by atoms with Crippen LogP contribution < -0.4 is 0 Å². The Morgan fingerprint density at radius 3 is 2.68 bits per heavy atom. The van der Waals surface area contributed by atoms with Crippen molar-refractivity contribution in [3.05, 3.63) is 66.6 Å². The molecule has 0 aliphatic heterocycles. The molecule has 5 atom stereocenters. The van der Waals surface area contributed by atoms with Crippen LogP contribution >= 0.6 is 11.8 Å². The summed E-state index contributed by atoms with van der Waals surface area (Å²) in [6.07, 6.45) is 11.2. The van der Waals surface area contributed by atoms with Crippen molar-refractivity contribution in [2.24, 2.45) is 22.7 Å². The molecular formula is C25H33NOS. The van der Waals surface area contributed by atoms with Crippen molar-refractivity contribution in [3.8, 4) is 6.07 Å². The summed E-state index contributed by atoms with van der Waals surface area (Å²) >= 11 is 1.67. The number of nitrogens with zero attached hydrogens (tertiary/aromatic N) is 1. The number of rotatable bonds is 8. The standard InChI is InChI=1S/C25H33NOS/c1-5-24(4)20(2)15-17-25(19-26,23(24)14-13-21(3)27)16-9-10-18-28-22-11-7-6-8-12-22/h5-12,16,18,20-21,23,27H,1,13-15,17H2,2-4H3/b16-9+,18-10+/t20-,21?,23-,24+,25-/m1/s1. The van der Waals surface area contributed by atoms with E-state index in [0.717, 1.165) is 19.3 Å². The van der Waals surface area contributed by atoms with Crippen LogP contribution in [0.15, 0.2) is 71.5 Å². The molecule has 1 unspecified atom stereocenters. The molecule has 28 heavy (non-hydrogen) atoms. The molecule has 1 aliphatic carbocycles. The molecule has 0 spiro atoms. The van der Waals surface area contributed by atoms with Crippen LogP contribution in [-0.2, 0) is 0 Å². The molecule has 0 bridgehead atoms. The van der Waals surface area contributed by atoms with Gasteiger partial charge >= 0.3 is 0 Å². The van der Waals surface area contributed by atoms with E-state index in [0.29, 0.717) is 12.3 Å². The quantitative estimate of drug-likeness (QED) is 0.300. The number of nitriles is 1. The van der Waals surface area contributed by atoms with Crippen molar-refractivity contribution >= 4 is 11.8 Å². The predicted octanol–water partition coefficient (Wildman–Crippen LogP) is 6.76. The molecule has 1 saturated carbocycles. The molecule has 1 aromatic rings. The Kier molecular flexibility index (Phi) is 8.16. The van der Waals surface area contributed by atoms with Gasteiger partial charge in [-0.1, -0.05) is 68.1 Å². The lowest BCUT2D eigenvalue weighted by atomic mass is 9.50. The maximum Gasteiger partial charge on any atom is 0.0793 e. The highest BCUT2D eigenvalue weighted by molar-refractivity contribution is 8.02. The molecule has 1 N–H and O–H groups in total. The summed E-state index contributed by atoms with van der Waals surface area (Å²) in [4.78, 5) is 1.20. The van der Waals surface area contributed by atoms with Gasteiger partial charge < -0.3 is 5.11 Å². The summed E-state index contributed by atoms with van der Waals surface area (Å²) in [6.45, 7) is 10.4. The molecule has 0 heterocycles. The first-order chi connectivity index (χ1) is 13.4. The van der Waals surface area contributed by atoms with Gasteiger partial charge in [-0.3, -0.25) is 0 Å². The van der Waals surface area contributed by atoms with Crippen molar-refractivity contribution in [1.82, 2.24) is 0 Å². The van der Waals surface area contributed by atoms with Crippen LogP contribution in [0.3, 0.4) is 0 Å². The zero-order valence-electron chi connectivity index (χ0n) is 17.3. The number of aliphatic hydroxyl groups excluding tert-OH is 1. The Bertz CT molecular complexity index is 733.